The van der Waals surface area contributed by atoms with Crippen molar-refractivity contribution in [3.05, 3.63) is 65.7 Å². The lowest BCUT2D eigenvalue weighted by atomic mass is 10.1. The molecule has 2 aromatic rings. The summed E-state index contributed by atoms with van der Waals surface area (Å²) >= 11 is 0. The van der Waals surface area contributed by atoms with Crippen molar-refractivity contribution in [1.29, 1.82) is 0 Å². The number of hydrogen-bond donors (Lipinski definition) is 1. The number of ether oxygens (including phenoxy) is 1. The Bertz CT molecular complexity index is 657. The average molecular weight is 323 g/mol. The van der Waals surface area contributed by atoms with E-state index in [1.54, 1.807) is 30.3 Å². The Balaban J connectivity index is 1.84. The van der Waals surface area contributed by atoms with Crippen molar-refractivity contribution in [2.24, 2.45) is 0 Å². The number of unbranched alkanes of at least 4 members (excludes halogenated alkanes) is 3. The van der Waals surface area contributed by atoms with Gasteiger partial charge in [0.1, 0.15) is 5.75 Å². The second kappa shape index (κ2) is 9.56. The number of allylic oxidation sites excluding steroid dienone is 1. The van der Waals surface area contributed by atoms with Gasteiger partial charge in [-0.1, -0.05) is 44.4 Å². The number of ketones is 1. The predicted molar refractivity (Wildman–Crippen MR) is 100 cm³/mol. The Labute approximate surface area is 144 Å². The van der Waals surface area contributed by atoms with E-state index in [0.29, 0.717) is 11.3 Å². The van der Waals surface area contributed by atoms with Crippen LogP contribution in [0, 0.1) is 0 Å². The lowest BCUT2D eigenvalue weighted by Gasteiger charge is -2.06. The molecule has 0 saturated heterocycles. The number of nitrogen functional groups attached to an aromatic ring is 1. The van der Waals surface area contributed by atoms with Crippen LogP contribution in [-0.2, 0) is 0 Å². The molecule has 3 heteroatoms. The van der Waals surface area contributed by atoms with E-state index >= 15 is 0 Å². The van der Waals surface area contributed by atoms with Crippen molar-refractivity contribution in [2.45, 2.75) is 32.6 Å². The highest BCUT2D eigenvalue weighted by atomic mass is 16.5. The Morgan fingerprint density at radius 1 is 1.00 bits per heavy atom. The number of rotatable bonds is 9. The van der Waals surface area contributed by atoms with Crippen LogP contribution in [0.1, 0.15) is 48.5 Å². The van der Waals surface area contributed by atoms with Gasteiger partial charge < -0.3 is 10.5 Å². The second-order valence-corrected chi connectivity index (χ2v) is 5.80. The van der Waals surface area contributed by atoms with Gasteiger partial charge in [0.05, 0.1) is 6.61 Å². The minimum absolute atomic E-state index is 0.0359. The molecule has 0 amide bonds. The average Bonchev–Trinajstić information content (AvgIpc) is 2.61. The van der Waals surface area contributed by atoms with E-state index in [2.05, 4.69) is 6.92 Å². The minimum atomic E-state index is -0.0359. The van der Waals surface area contributed by atoms with Crippen LogP contribution in [0.2, 0.25) is 0 Å². The number of benzene rings is 2. The van der Waals surface area contributed by atoms with Crippen LogP contribution < -0.4 is 10.5 Å². The maximum Gasteiger partial charge on any atom is 0.185 e. The van der Waals surface area contributed by atoms with Gasteiger partial charge in [0, 0.05) is 11.3 Å². The molecule has 2 rings (SSSR count). The molecule has 0 saturated carbocycles. The molecule has 2 aromatic carbocycles. The van der Waals surface area contributed by atoms with Crippen LogP contribution in [0.25, 0.3) is 6.08 Å². The molecule has 24 heavy (non-hydrogen) atoms. The van der Waals surface area contributed by atoms with Crippen molar-refractivity contribution < 1.29 is 9.53 Å². The van der Waals surface area contributed by atoms with E-state index in [4.69, 9.17) is 10.5 Å². The molecule has 126 valence electrons. The Hall–Kier alpha value is -2.55. The molecular formula is C21H25NO2. The summed E-state index contributed by atoms with van der Waals surface area (Å²) < 4.78 is 5.71. The summed E-state index contributed by atoms with van der Waals surface area (Å²) in [7, 11) is 0. The number of carbonyl (C=O) groups excluding carboxylic acids is 1. The molecule has 0 atom stereocenters. The number of carbonyl (C=O) groups is 1. The van der Waals surface area contributed by atoms with Gasteiger partial charge in [0.15, 0.2) is 5.78 Å². The summed E-state index contributed by atoms with van der Waals surface area (Å²) in [6, 6.07) is 14.7. The SMILES string of the molecule is CCCCCCOc1ccc(/C=C/C(=O)c2ccc(N)cc2)cc1. The number of anilines is 1. The van der Waals surface area contributed by atoms with Gasteiger partial charge in [-0.2, -0.15) is 0 Å². The molecule has 0 bridgehead atoms. The van der Waals surface area contributed by atoms with Crippen LogP contribution in [0.4, 0.5) is 5.69 Å². The molecule has 0 aromatic heterocycles. The van der Waals surface area contributed by atoms with E-state index in [0.717, 1.165) is 24.3 Å². The van der Waals surface area contributed by atoms with Crippen LogP contribution in [-0.4, -0.2) is 12.4 Å². The molecule has 0 aliphatic carbocycles. The first-order valence-corrected chi connectivity index (χ1v) is 8.50. The fourth-order valence-electron chi connectivity index (χ4n) is 2.31. The monoisotopic (exact) mass is 323 g/mol. The van der Waals surface area contributed by atoms with Crippen molar-refractivity contribution in [3.63, 3.8) is 0 Å². The van der Waals surface area contributed by atoms with Gasteiger partial charge in [-0.25, -0.2) is 0 Å². The Kier molecular flexibility index (Phi) is 7.09. The summed E-state index contributed by atoms with van der Waals surface area (Å²) in [5.41, 5.74) is 7.88. The molecular weight excluding hydrogens is 298 g/mol. The van der Waals surface area contributed by atoms with E-state index < -0.39 is 0 Å². The van der Waals surface area contributed by atoms with E-state index in [-0.39, 0.29) is 5.78 Å². The third-order valence-corrected chi connectivity index (χ3v) is 3.77. The summed E-state index contributed by atoms with van der Waals surface area (Å²) in [5, 5.41) is 0. The van der Waals surface area contributed by atoms with Gasteiger partial charge in [0.25, 0.3) is 0 Å². The van der Waals surface area contributed by atoms with Gasteiger partial charge >= 0.3 is 0 Å². The summed E-state index contributed by atoms with van der Waals surface area (Å²) in [5.74, 6) is 0.833. The van der Waals surface area contributed by atoms with E-state index in [1.807, 2.05) is 30.3 Å². The highest BCUT2D eigenvalue weighted by Crippen LogP contribution is 2.15. The third kappa shape index (κ3) is 5.92. The van der Waals surface area contributed by atoms with Gasteiger partial charge in [-0.05, 0) is 54.5 Å². The first-order chi connectivity index (χ1) is 11.7. The predicted octanol–water partition coefficient (Wildman–Crippen LogP) is 5.12. The van der Waals surface area contributed by atoms with Crippen LogP contribution in [0.15, 0.2) is 54.6 Å². The maximum atomic E-state index is 12.1. The smallest absolute Gasteiger partial charge is 0.185 e. The summed E-state index contributed by atoms with van der Waals surface area (Å²) in [6.45, 7) is 2.95. The molecule has 0 aliphatic rings. The van der Waals surface area contributed by atoms with Crippen molar-refractivity contribution >= 4 is 17.5 Å². The fourth-order valence-corrected chi connectivity index (χ4v) is 2.31. The lowest BCUT2D eigenvalue weighted by molar-refractivity contribution is 0.104. The number of hydrogen-bond acceptors (Lipinski definition) is 3. The quantitative estimate of drug-likeness (QED) is 0.301. The van der Waals surface area contributed by atoms with Gasteiger partial charge in [0.2, 0.25) is 0 Å². The largest absolute Gasteiger partial charge is 0.494 e. The van der Waals surface area contributed by atoms with Crippen molar-refractivity contribution in [1.82, 2.24) is 0 Å². The first kappa shape index (κ1) is 17.8. The summed E-state index contributed by atoms with van der Waals surface area (Å²) in [4.78, 5) is 12.1. The van der Waals surface area contributed by atoms with E-state index in [9.17, 15) is 4.79 Å². The highest BCUT2D eigenvalue weighted by Gasteiger charge is 2.01. The fraction of sp³-hybridized carbons (Fsp3) is 0.286. The molecule has 0 aliphatic heterocycles. The molecule has 0 radical (unpaired) electrons. The maximum absolute atomic E-state index is 12.1. The molecule has 0 fully saturated rings. The molecule has 0 spiro atoms. The molecule has 2 N–H and O–H groups in total. The number of nitrogens with two attached hydrogens (primary N) is 1. The first-order valence-electron chi connectivity index (χ1n) is 8.50. The summed E-state index contributed by atoms with van der Waals surface area (Å²) in [6.07, 6.45) is 8.18. The van der Waals surface area contributed by atoms with Crippen molar-refractivity contribution in [2.75, 3.05) is 12.3 Å². The van der Waals surface area contributed by atoms with E-state index in [1.165, 1.54) is 19.3 Å². The standard InChI is InChI=1S/C21H25NO2/c1-2-3-4-5-16-24-20-13-6-17(7-14-20)8-15-21(23)18-9-11-19(22)12-10-18/h6-15H,2-5,16,22H2,1H3/b15-8+. The Morgan fingerprint density at radius 3 is 2.38 bits per heavy atom. The van der Waals surface area contributed by atoms with Gasteiger partial charge in [-0.15, -0.1) is 0 Å². The lowest BCUT2D eigenvalue weighted by Crippen LogP contribution is -1.97. The second-order valence-electron chi connectivity index (χ2n) is 5.80. The zero-order valence-electron chi connectivity index (χ0n) is 14.2. The normalized spacial score (nSPS) is 10.9. The molecule has 3 nitrogen and oxygen atoms in total. The van der Waals surface area contributed by atoms with Crippen LogP contribution >= 0.6 is 0 Å². The topological polar surface area (TPSA) is 52.3 Å². The molecule has 0 unspecified atom stereocenters. The minimum Gasteiger partial charge on any atom is -0.494 e. The van der Waals surface area contributed by atoms with Crippen LogP contribution in [0.3, 0.4) is 0 Å². The van der Waals surface area contributed by atoms with Crippen LogP contribution in [0.5, 0.6) is 5.75 Å². The zero-order chi connectivity index (χ0) is 17.2. The highest BCUT2D eigenvalue weighted by molar-refractivity contribution is 6.06. The van der Waals surface area contributed by atoms with Crippen molar-refractivity contribution in [3.8, 4) is 5.75 Å². The molecule has 0 heterocycles. The zero-order valence-corrected chi connectivity index (χ0v) is 14.2. The third-order valence-electron chi connectivity index (χ3n) is 3.77. The Morgan fingerprint density at radius 2 is 1.71 bits per heavy atom. The van der Waals surface area contributed by atoms with Gasteiger partial charge in [-0.3, -0.25) is 4.79 Å².